The normalized spacial score (nSPS) is 10.8. The molecule has 3 rings (SSSR count). The molecule has 0 aliphatic heterocycles. The fourth-order valence-electron chi connectivity index (χ4n) is 2.45. The van der Waals surface area contributed by atoms with Crippen LogP contribution >= 0.6 is 0 Å². The topological polar surface area (TPSA) is 109 Å². The van der Waals surface area contributed by atoms with E-state index in [1.54, 1.807) is 0 Å². The average Bonchev–Trinajstić information content (AvgIpc) is 2.56. The molecule has 0 radical (unpaired) electrons. The first-order valence-electron chi connectivity index (χ1n) is 6.90. The fraction of sp³-hybridized carbons (Fsp3) is 0.118. The van der Waals surface area contributed by atoms with Crippen molar-refractivity contribution >= 4 is 11.0 Å². The van der Waals surface area contributed by atoms with Crippen LogP contribution < -0.4 is 14.9 Å². The Morgan fingerprint density at radius 2 is 1.71 bits per heavy atom. The van der Waals surface area contributed by atoms with Crippen LogP contribution in [0.15, 0.2) is 39.5 Å². The summed E-state index contributed by atoms with van der Waals surface area (Å²) < 4.78 is 15.8. The van der Waals surface area contributed by atoms with E-state index in [9.17, 15) is 20.1 Å². The molecule has 3 aromatic rings. The van der Waals surface area contributed by atoms with Gasteiger partial charge in [0.1, 0.15) is 39.5 Å². The van der Waals surface area contributed by atoms with Crippen molar-refractivity contribution < 1.29 is 29.2 Å². The molecule has 7 nitrogen and oxygen atoms in total. The van der Waals surface area contributed by atoms with Gasteiger partial charge < -0.3 is 29.2 Å². The molecule has 0 unspecified atom stereocenters. The summed E-state index contributed by atoms with van der Waals surface area (Å²) in [5.74, 6) is -0.666. The number of methoxy groups -OCH3 is 2. The van der Waals surface area contributed by atoms with Crippen molar-refractivity contribution in [1.29, 1.82) is 0 Å². The molecule has 124 valence electrons. The van der Waals surface area contributed by atoms with Crippen LogP contribution in [0.25, 0.3) is 22.3 Å². The highest BCUT2D eigenvalue weighted by atomic mass is 16.5. The van der Waals surface area contributed by atoms with Gasteiger partial charge in [0, 0.05) is 18.2 Å². The van der Waals surface area contributed by atoms with E-state index in [1.165, 1.54) is 38.5 Å². The van der Waals surface area contributed by atoms with E-state index in [2.05, 4.69) is 0 Å². The van der Waals surface area contributed by atoms with Crippen molar-refractivity contribution in [3.8, 4) is 40.1 Å². The maximum absolute atomic E-state index is 12.3. The maximum Gasteiger partial charge on any atom is 0.197 e. The minimum absolute atomic E-state index is 0.0156. The highest BCUT2D eigenvalue weighted by Crippen LogP contribution is 2.43. The van der Waals surface area contributed by atoms with Crippen LogP contribution in [0.3, 0.4) is 0 Å². The third-order valence-corrected chi connectivity index (χ3v) is 3.60. The summed E-state index contributed by atoms with van der Waals surface area (Å²) in [5, 5.41) is 29.8. The van der Waals surface area contributed by atoms with Crippen LogP contribution in [-0.4, -0.2) is 29.5 Å². The number of rotatable bonds is 3. The summed E-state index contributed by atoms with van der Waals surface area (Å²) in [6.07, 6.45) is 0. The van der Waals surface area contributed by atoms with Gasteiger partial charge in [0.2, 0.25) is 0 Å². The molecule has 0 aliphatic rings. The number of fused-ring (bicyclic) bond motifs is 1. The largest absolute Gasteiger partial charge is 0.507 e. The van der Waals surface area contributed by atoms with Crippen LogP contribution in [0.4, 0.5) is 0 Å². The summed E-state index contributed by atoms with van der Waals surface area (Å²) >= 11 is 0. The second-order valence-electron chi connectivity index (χ2n) is 5.01. The Kier molecular flexibility index (Phi) is 3.69. The Morgan fingerprint density at radius 1 is 0.958 bits per heavy atom. The summed E-state index contributed by atoms with van der Waals surface area (Å²) in [6.45, 7) is 0. The third kappa shape index (κ3) is 2.36. The van der Waals surface area contributed by atoms with Crippen molar-refractivity contribution in [2.75, 3.05) is 14.2 Å². The van der Waals surface area contributed by atoms with Gasteiger partial charge in [-0.15, -0.1) is 0 Å². The van der Waals surface area contributed by atoms with E-state index >= 15 is 0 Å². The van der Waals surface area contributed by atoms with Gasteiger partial charge in [-0.2, -0.15) is 0 Å². The van der Waals surface area contributed by atoms with Crippen LogP contribution in [0, 0.1) is 0 Å². The maximum atomic E-state index is 12.3. The van der Waals surface area contributed by atoms with Gasteiger partial charge in [-0.1, -0.05) is 0 Å². The molecule has 24 heavy (non-hydrogen) atoms. The predicted molar refractivity (Wildman–Crippen MR) is 86.0 cm³/mol. The Bertz CT molecular complexity index is 988. The fourth-order valence-corrected chi connectivity index (χ4v) is 2.45. The number of aromatic hydroxyl groups is 3. The summed E-state index contributed by atoms with van der Waals surface area (Å²) in [7, 11) is 2.79. The smallest absolute Gasteiger partial charge is 0.197 e. The molecule has 0 atom stereocenters. The van der Waals surface area contributed by atoms with E-state index in [-0.39, 0.29) is 39.5 Å². The van der Waals surface area contributed by atoms with Crippen LogP contribution in [0.5, 0.6) is 28.7 Å². The lowest BCUT2D eigenvalue weighted by Gasteiger charge is -2.12. The van der Waals surface area contributed by atoms with Crippen molar-refractivity contribution in [2.45, 2.75) is 0 Å². The highest BCUT2D eigenvalue weighted by Gasteiger charge is 2.20. The van der Waals surface area contributed by atoms with Crippen LogP contribution in [0.2, 0.25) is 0 Å². The Hall–Kier alpha value is -3.35. The van der Waals surface area contributed by atoms with E-state index in [0.29, 0.717) is 5.75 Å². The molecule has 0 saturated carbocycles. The summed E-state index contributed by atoms with van der Waals surface area (Å²) in [4.78, 5) is 12.3. The van der Waals surface area contributed by atoms with Crippen molar-refractivity contribution in [3.05, 3.63) is 40.6 Å². The number of benzene rings is 2. The number of hydrogen-bond donors (Lipinski definition) is 3. The first kappa shape index (κ1) is 15.5. The number of ether oxygens (including phenoxy) is 2. The number of phenolic OH excluding ortho intramolecular Hbond substituents is 3. The minimum atomic E-state index is -0.517. The van der Waals surface area contributed by atoms with Crippen molar-refractivity contribution in [2.24, 2.45) is 0 Å². The number of hydrogen-bond acceptors (Lipinski definition) is 7. The lowest BCUT2D eigenvalue weighted by Crippen LogP contribution is -2.02. The second-order valence-corrected chi connectivity index (χ2v) is 5.01. The average molecular weight is 330 g/mol. The van der Waals surface area contributed by atoms with Crippen molar-refractivity contribution in [1.82, 2.24) is 0 Å². The van der Waals surface area contributed by atoms with E-state index in [0.717, 1.165) is 6.07 Å². The van der Waals surface area contributed by atoms with Gasteiger partial charge in [-0.05, 0) is 12.1 Å². The Balaban J connectivity index is 2.37. The van der Waals surface area contributed by atoms with Crippen LogP contribution in [-0.2, 0) is 0 Å². The summed E-state index contributed by atoms with van der Waals surface area (Å²) in [6, 6.07) is 6.52. The van der Waals surface area contributed by atoms with E-state index in [1.807, 2.05) is 0 Å². The van der Waals surface area contributed by atoms with Gasteiger partial charge in [0.25, 0.3) is 0 Å². The molecule has 1 aromatic heterocycles. The zero-order valence-corrected chi connectivity index (χ0v) is 12.9. The number of phenols is 3. The van der Waals surface area contributed by atoms with E-state index < -0.39 is 11.2 Å². The van der Waals surface area contributed by atoms with Crippen molar-refractivity contribution in [3.63, 3.8) is 0 Å². The quantitative estimate of drug-likeness (QED) is 0.633. The summed E-state index contributed by atoms with van der Waals surface area (Å²) in [5.41, 5.74) is -0.422. The second kappa shape index (κ2) is 5.69. The first-order valence-corrected chi connectivity index (χ1v) is 6.90. The third-order valence-electron chi connectivity index (χ3n) is 3.60. The van der Waals surface area contributed by atoms with Gasteiger partial charge >= 0.3 is 0 Å². The zero-order valence-electron chi connectivity index (χ0n) is 12.9. The minimum Gasteiger partial charge on any atom is -0.507 e. The Morgan fingerprint density at radius 3 is 2.38 bits per heavy atom. The molecule has 0 amide bonds. The molecule has 0 bridgehead atoms. The first-order chi connectivity index (χ1) is 11.5. The molecule has 2 aromatic carbocycles. The molecule has 0 spiro atoms. The molecule has 3 N–H and O–H groups in total. The monoisotopic (exact) mass is 330 g/mol. The zero-order chi connectivity index (χ0) is 17.4. The molecular formula is C17H14O7. The standard InChI is InChI=1S/C17H14O7/c1-22-8-5-10(19)15-11(20)7-14(24-13(15)6-8)16-12(23-2)4-3-9(18)17(16)21/h3-7,18-19,21H,1-2H3. The molecule has 0 aliphatic carbocycles. The molecule has 0 saturated heterocycles. The van der Waals surface area contributed by atoms with Gasteiger partial charge in [-0.3, -0.25) is 4.79 Å². The van der Waals surface area contributed by atoms with Gasteiger partial charge in [-0.25, -0.2) is 0 Å². The molecular weight excluding hydrogens is 316 g/mol. The Labute approximate surface area is 135 Å². The highest BCUT2D eigenvalue weighted by molar-refractivity contribution is 5.87. The van der Waals surface area contributed by atoms with Crippen LogP contribution in [0.1, 0.15) is 0 Å². The lowest BCUT2D eigenvalue weighted by atomic mass is 10.1. The molecule has 1 heterocycles. The predicted octanol–water partition coefficient (Wildman–Crippen LogP) is 2.59. The lowest BCUT2D eigenvalue weighted by molar-refractivity contribution is 0.386. The molecule has 7 heteroatoms. The van der Waals surface area contributed by atoms with E-state index in [4.69, 9.17) is 13.9 Å². The van der Waals surface area contributed by atoms with Gasteiger partial charge in [0.05, 0.1) is 14.2 Å². The SMILES string of the molecule is COc1cc(O)c2c(=O)cc(-c3c(OC)ccc(O)c3O)oc2c1. The van der Waals surface area contributed by atoms with Gasteiger partial charge in [0.15, 0.2) is 16.9 Å². The molecule has 0 fully saturated rings.